The number of likely N-dealkylation sites (N-methyl/N-ethyl adjacent to an activating group) is 1. The molecule has 0 radical (unpaired) electrons. The summed E-state index contributed by atoms with van der Waals surface area (Å²) in [5.74, 6) is 0.901. The minimum atomic E-state index is -0.490. The summed E-state index contributed by atoms with van der Waals surface area (Å²) in [6.07, 6.45) is 10.2. The molecule has 6 rings (SSSR count). The number of rotatable bonds is 12. The minimum Gasteiger partial charge on any atom is -0.453 e. The average molecular weight is 628 g/mol. The topological polar surface area (TPSA) is 78.9 Å². The van der Waals surface area contributed by atoms with Crippen LogP contribution in [0, 0.1) is 11.7 Å². The Labute approximate surface area is 267 Å². The maximum Gasteiger partial charge on any atom is 0.246 e. The van der Waals surface area contributed by atoms with E-state index in [1.54, 1.807) is 30.5 Å². The molecule has 3 aromatic heterocycles. The molecule has 2 aliphatic rings. The fraction of sp³-hybridized carbons (Fsp3) is 0.371. The number of fused-ring (bicyclic) bond motifs is 1. The van der Waals surface area contributed by atoms with Crippen molar-refractivity contribution in [3.05, 3.63) is 84.0 Å². The van der Waals surface area contributed by atoms with Gasteiger partial charge in [-0.3, -0.25) is 24.5 Å². The van der Waals surface area contributed by atoms with Crippen LogP contribution >= 0.6 is 11.3 Å². The monoisotopic (exact) mass is 627 g/mol. The zero-order valence-corrected chi connectivity index (χ0v) is 26.6. The van der Waals surface area contributed by atoms with Crippen molar-refractivity contribution in [2.45, 2.75) is 32.2 Å². The molecule has 0 unspecified atom stereocenters. The molecule has 2 fully saturated rings. The van der Waals surface area contributed by atoms with Gasteiger partial charge in [0.2, 0.25) is 5.91 Å². The average Bonchev–Trinajstić information content (AvgIpc) is 3.72. The smallest absolute Gasteiger partial charge is 0.246 e. The molecule has 234 valence electrons. The van der Waals surface area contributed by atoms with E-state index in [4.69, 9.17) is 9.72 Å². The predicted octanol–water partition coefficient (Wildman–Crippen LogP) is 5.96. The van der Waals surface area contributed by atoms with Crippen LogP contribution in [0.2, 0.25) is 0 Å². The molecule has 45 heavy (non-hydrogen) atoms. The highest BCUT2D eigenvalue weighted by Crippen LogP contribution is 2.39. The summed E-state index contributed by atoms with van der Waals surface area (Å²) in [6, 6.07) is 12.6. The standard InChI is InChI=1S/C35H38FN5O3S/c1-39(2)13-3-4-34(43)41-16-14-40(15-17-41)23-26-7-9-29(38-22-26)33-21-30-35(45-33)32(11-12-37-30)44-31-10-8-25(20-28(31)36)19-27(42)18-24-5-6-24/h3-4,7-12,20-22,24H,5-6,13-19,23H2,1-2H3/b4-3+. The first kappa shape index (κ1) is 31.0. The Hall–Kier alpha value is -3.99. The third kappa shape index (κ3) is 8.19. The number of pyridine rings is 2. The molecule has 4 aromatic rings. The van der Waals surface area contributed by atoms with Crippen LogP contribution in [-0.4, -0.2) is 83.2 Å². The third-order valence-corrected chi connectivity index (χ3v) is 9.27. The number of ketones is 1. The van der Waals surface area contributed by atoms with Crippen molar-refractivity contribution in [1.82, 2.24) is 24.7 Å². The Balaban J connectivity index is 1.06. The summed E-state index contributed by atoms with van der Waals surface area (Å²) in [6.45, 7) is 4.59. The number of amides is 1. The highest BCUT2D eigenvalue weighted by molar-refractivity contribution is 7.22. The molecule has 1 saturated heterocycles. The summed E-state index contributed by atoms with van der Waals surface area (Å²) >= 11 is 1.50. The Morgan fingerprint density at radius 1 is 1.02 bits per heavy atom. The van der Waals surface area contributed by atoms with Gasteiger partial charge >= 0.3 is 0 Å². The summed E-state index contributed by atoms with van der Waals surface area (Å²) in [5.41, 5.74) is 3.36. The number of hydrogen-bond acceptors (Lipinski definition) is 8. The number of ether oxygens (including phenoxy) is 1. The molecule has 1 aliphatic carbocycles. The molecule has 1 aliphatic heterocycles. The van der Waals surface area contributed by atoms with Gasteiger partial charge in [-0.25, -0.2) is 4.39 Å². The largest absolute Gasteiger partial charge is 0.453 e. The fourth-order valence-electron chi connectivity index (χ4n) is 5.44. The van der Waals surface area contributed by atoms with E-state index in [1.807, 2.05) is 48.3 Å². The number of hydrogen-bond donors (Lipinski definition) is 0. The zero-order valence-electron chi connectivity index (χ0n) is 25.7. The first-order valence-corrected chi connectivity index (χ1v) is 16.3. The number of halogens is 1. The van der Waals surface area contributed by atoms with Gasteiger partial charge in [-0.05, 0) is 68.2 Å². The highest BCUT2D eigenvalue weighted by Gasteiger charge is 2.24. The molecule has 0 spiro atoms. The first-order valence-electron chi connectivity index (χ1n) is 15.4. The number of benzene rings is 1. The van der Waals surface area contributed by atoms with Crippen molar-refractivity contribution in [2.75, 3.05) is 46.8 Å². The molecule has 8 nitrogen and oxygen atoms in total. The molecule has 0 atom stereocenters. The van der Waals surface area contributed by atoms with Gasteiger partial charge in [0, 0.05) is 76.6 Å². The second-order valence-electron chi connectivity index (χ2n) is 12.2. The van der Waals surface area contributed by atoms with Gasteiger partial charge < -0.3 is 14.5 Å². The van der Waals surface area contributed by atoms with Gasteiger partial charge in [0.1, 0.15) is 11.5 Å². The highest BCUT2D eigenvalue weighted by atomic mass is 32.1. The van der Waals surface area contributed by atoms with Crippen LogP contribution in [0.3, 0.4) is 0 Å². The van der Waals surface area contributed by atoms with Gasteiger partial charge in [-0.15, -0.1) is 11.3 Å². The first-order chi connectivity index (χ1) is 21.8. The van der Waals surface area contributed by atoms with Crippen LogP contribution < -0.4 is 4.74 Å². The van der Waals surface area contributed by atoms with E-state index in [9.17, 15) is 14.0 Å². The molecular weight excluding hydrogens is 589 g/mol. The van der Waals surface area contributed by atoms with Crippen molar-refractivity contribution < 1.29 is 18.7 Å². The summed E-state index contributed by atoms with van der Waals surface area (Å²) < 4.78 is 21.8. The molecule has 0 bridgehead atoms. The van der Waals surface area contributed by atoms with Gasteiger partial charge in [0.25, 0.3) is 0 Å². The van der Waals surface area contributed by atoms with Crippen LogP contribution in [0.15, 0.2) is 67.0 Å². The fourth-order valence-corrected chi connectivity index (χ4v) is 6.48. The molecular formula is C35H38FN5O3S. The van der Waals surface area contributed by atoms with E-state index in [1.165, 1.54) is 17.4 Å². The number of carbonyl (C=O) groups is 2. The lowest BCUT2D eigenvalue weighted by atomic mass is 10.0. The van der Waals surface area contributed by atoms with Gasteiger partial charge in [-0.2, -0.15) is 0 Å². The lowest BCUT2D eigenvalue weighted by molar-refractivity contribution is -0.127. The number of aromatic nitrogens is 2. The van der Waals surface area contributed by atoms with E-state index in [2.05, 4.69) is 16.0 Å². The minimum absolute atomic E-state index is 0.0732. The lowest BCUT2D eigenvalue weighted by Gasteiger charge is -2.34. The number of Topliss-reactive ketones (excluding diaryl/α,β-unsaturated/α-hetero) is 1. The Morgan fingerprint density at radius 2 is 1.82 bits per heavy atom. The van der Waals surface area contributed by atoms with Gasteiger partial charge in [-0.1, -0.05) is 18.2 Å². The SMILES string of the molecule is CN(C)C/C=C/C(=O)N1CCN(Cc2ccc(-c3cc4nccc(Oc5ccc(CC(=O)CC6CC6)cc5F)c4s3)nc2)CC1. The van der Waals surface area contributed by atoms with Crippen molar-refractivity contribution in [3.63, 3.8) is 0 Å². The molecule has 1 aromatic carbocycles. The van der Waals surface area contributed by atoms with Crippen LogP contribution in [0.1, 0.15) is 30.4 Å². The molecule has 10 heteroatoms. The van der Waals surface area contributed by atoms with Crippen LogP contribution in [0.25, 0.3) is 20.8 Å². The van der Waals surface area contributed by atoms with Crippen molar-refractivity contribution in [2.24, 2.45) is 5.92 Å². The summed E-state index contributed by atoms with van der Waals surface area (Å²) in [4.78, 5) is 41.1. The Morgan fingerprint density at radius 3 is 2.53 bits per heavy atom. The summed E-state index contributed by atoms with van der Waals surface area (Å²) in [7, 11) is 3.96. The lowest BCUT2D eigenvalue weighted by Crippen LogP contribution is -2.47. The predicted molar refractivity (Wildman–Crippen MR) is 175 cm³/mol. The molecule has 0 N–H and O–H groups in total. The van der Waals surface area contributed by atoms with E-state index in [-0.39, 0.29) is 23.9 Å². The van der Waals surface area contributed by atoms with E-state index < -0.39 is 5.82 Å². The van der Waals surface area contributed by atoms with Crippen LogP contribution in [-0.2, 0) is 22.6 Å². The maximum atomic E-state index is 15.0. The molecule has 1 amide bonds. The number of carbonyl (C=O) groups excluding carboxylic acids is 2. The maximum absolute atomic E-state index is 15.0. The van der Waals surface area contributed by atoms with E-state index in [0.717, 1.165) is 65.4 Å². The quantitative estimate of drug-likeness (QED) is 0.179. The normalized spacial score (nSPS) is 15.8. The van der Waals surface area contributed by atoms with Crippen molar-refractivity contribution >= 4 is 33.2 Å². The van der Waals surface area contributed by atoms with Crippen LogP contribution in [0.5, 0.6) is 11.5 Å². The third-order valence-electron chi connectivity index (χ3n) is 8.10. The second kappa shape index (κ2) is 14.0. The van der Waals surface area contributed by atoms with E-state index in [0.29, 0.717) is 36.7 Å². The molecule has 4 heterocycles. The molecule has 1 saturated carbocycles. The second-order valence-corrected chi connectivity index (χ2v) is 13.2. The number of piperazine rings is 1. The number of nitrogens with zero attached hydrogens (tertiary/aromatic N) is 5. The Kier molecular flexibility index (Phi) is 9.63. The van der Waals surface area contributed by atoms with Crippen LogP contribution in [0.4, 0.5) is 4.39 Å². The van der Waals surface area contributed by atoms with Gasteiger partial charge in [0.05, 0.1) is 20.8 Å². The van der Waals surface area contributed by atoms with Crippen molar-refractivity contribution in [1.29, 1.82) is 0 Å². The van der Waals surface area contributed by atoms with Gasteiger partial charge in [0.15, 0.2) is 11.6 Å². The zero-order chi connectivity index (χ0) is 31.3. The Bertz CT molecular complexity index is 1690. The number of thiophene rings is 1. The van der Waals surface area contributed by atoms with Crippen molar-refractivity contribution in [3.8, 4) is 22.1 Å². The summed E-state index contributed by atoms with van der Waals surface area (Å²) in [5, 5.41) is 0. The van der Waals surface area contributed by atoms with E-state index >= 15 is 0 Å².